The minimum Gasteiger partial charge on any atom is -0.466 e. The van der Waals surface area contributed by atoms with E-state index in [0.29, 0.717) is 23.9 Å². The molecule has 0 bridgehead atoms. The number of carbonyl (C=O) groups is 2. The molecular weight excluding hydrogens is 298 g/mol. The van der Waals surface area contributed by atoms with Crippen molar-refractivity contribution in [1.29, 1.82) is 0 Å². The quantitative estimate of drug-likeness (QED) is 0.745. The Hall–Kier alpha value is -2.15. The van der Waals surface area contributed by atoms with Crippen LogP contribution < -0.4 is 10.2 Å². The van der Waals surface area contributed by atoms with E-state index in [4.69, 9.17) is 9.84 Å². The Kier molecular flexibility index (Phi) is 6.34. The molecule has 23 heavy (non-hydrogen) atoms. The van der Waals surface area contributed by atoms with Gasteiger partial charge in [-0.1, -0.05) is 0 Å². The van der Waals surface area contributed by atoms with Crippen molar-refractivity contribution in [2.75, 3.05) is 37.7 Å². The lowest BCUT2D eigenvalue weighted by Gasteiger charge is -2.33. The average Bonchev–Trinajstić information content (AvgIpc) is 2.58. The summed E-state index contributed by atoms with van der Waals surface area (Å²) in [6, 6.07) is 3.46. The third kappa shape index (κ3) is 4.92. The van der Waals surface area contributed by atoms with E-state index in [1.54, 1.807) is 18.3 Å². The van der Waals surface area contributed by atoms with Gasteiger partial charge in [-0.3, -0.25) is 9.59 Å². The molecule has 126 valence electrons. The third-order valence-electron chi connectivity index (χ3n) is 3.87. The zero-order valence-corrected chi connectivity index (χ0v) is 13.3. The Morgan fingerprint density at radius 3 is 2.83 bits per heavy atom. The van der Waals surface area contributed by atoms with Gasteiger partial charge in [0.05, 0.1) is 18.8 Å². The van der Waals surface area contributed by atoms with E-state index in [-0.39, 0.29) is 25.0 Å². The lowest BCUT2D eigenvalue weighted by atomic mass is 9.97. The summed E-state index contributed by atoms with van der Waals surface area (Å²) in [5.41, 5.74) is 0.513. The largest absolute Gasteiger partial charge is 0.466 e. The Bertz CT molecular complexity index is 542. The van der Waals surface area contributed by atoms with Crippen LogP contribution in [0.1, 0.15) is 30.1 Å². The molecule has 2 rings (SSSR count). The average molecular weight is 321 g/mol. The summed E-state index contributed by atoms with van der Waals surface area (Å²) in [6.45, 7) is 3.53. The number of aliphatic hydroxyl groups is 1. The standard InChI is InChI=1S/C16H23N3O4/c1-12(21)23-11-13-4-8-19(9-5-13)15-14(3-2-6-17-15)16(22)18-7-10-20/h2-3,6,13,20H,4-5,7-11H2,1H3,(H,18,22). The number of nitrogens with zero attached hydrogens (tertiary/aromatic N) is 2. The zero-order valence-electron chi connectivity index (χ0n) is 13.3. The summed E-state index contributed by atoms with van der Waals surface area (Å²) >= 11 is 0. The molecule has 1 aromatic rings. The van der Waals surface area contributed by atoms with E-state index in [1.807, 2.05) is 0 Å². The van der Waals surface area contributed by atoms with Gasteiger partial charge < -0.3 is 20.1 Å². The Labute approximate surface area is 135 Å². The molecule has 0 aliphatic carbocycles. The number of amides is 1. The number of aliphatic hydroxyl groups excluding tert-OH is 1. The molecule has 0 saturated carbocycles. The van der Waals surface area contributed by atoms with Gasteiger partial charge in [0.15, 0.2) is 0 Å². The number of anilines is 1. The number of esters is 1. The van der Waals surface area contributed by atoms with Crippen molar-refractivity contribution < 1.29 is 19.4 Å². The molecule has 2 N–H and O–H groups in total. The van der Waals surface area contributed by atoms with Gasteiger partial charge >= 0.3 is 5.97 Å². The van der Waals surface area contributed by atoms with Gasteiger partial charge in [-0.2, -0.15) is 0 Å². The van der Waals surface area contributed by atoms with Gasteiger partial charge in [0.25, 0.3) is 5.91 Å². The molecule has 1 fully saturated rings. The zero-order chi connectivity index (χ0) is 16.7. The molecule has 1 aromatic heterocycles. The molecule has 2 heterocycles. The molecule has 0 radical (unpaired) electrons. The van der Waals surface area contributed by atoms with Crippen LogP contribution in [0.3, 0.4) is 0 Å². The second-order valence-corrected chi connectivity index (χ2v) is 5.59. The van der Waals surface area contributed by atoms with E-state index < -0.39 is 0 Å². The van der Waals surface area contributed by atoms with Crippen LogP contribution >= 0.6 is 0 Å². The summed E-state index contributed by atoms with van der Waals surface area (Å²) in [6.07, 6.45) is 3.45. The Balaban J connectivity index is 1.98. The highest BCUT2D eigenvalue weighted by atomic mass is 16.5. The van der Waals surface area contributed by atoms with E-state index >= 15 is 0 Å². The fourth-order valence-corrected chi connectivity index (χ4v) is 2.64. The Morgan fingerprint density at radius 1 is 1.43 bits per heavy atom. The topological polar surface area (TPSA) is 91.8 Å². The highest BCUT2D eigenvalue weighted by Gasteiger charge is 2.24. The number of ether oxygens (including phenoxy) is 1. The number of hydrogen-bond acceptors (Lipinski definition) is 6. The second-order valence-electron chi connectivity index (χ2n) is 5.59. The van der Waals surface area contributed by atoms with Crippen molar-refractivity contribution in [3.8, 4) is 0 Å². The highest BCUT2D eigenvalue weighted by molar-refractivity contribution is 5.98. The van der Waals surface area contributed by atoms with Gasteiger partial charge in [-0.25, -0.2) is 4.98 Å². The van der Waals surface area contributed by atoms with Gasteiger partial charge in [0, 0.05) is 32.8 Å². The number of pyridine rings is 1. The van der Waals surface area contributed by atoms with Gasteiger partial charge in [0.1, 0.15) is 5.82 Å². The smallest absolute Gasteiger partial charge is 0.302 e. The maximum atomic E-state index is 12.2. The molecule has 1 saturated heterocycles. The number of carbonyl (C=O) groups excluding carboxylic acids is 2. The lowest BCUT2D eigenvalue weighted by Crippen LogP contribution is -2.37. The molecule has 0 unspecified atom stereocenters. The SMILES string of the molecule is CC(=O)OCC1CCN(c2ncccc2C(=O)NCCO)CC1. The second kappa shape index (κ2) is 8.47. The molecular formula is C16H23N3O4. The predicted octanol–water partition coefficient (Wildman–Crippen LogP) is 0.583. The number of rotatable bonds is 6. The highest BCUT2D eigenvalue weighted by Crippen LogP contribution is 2.24. The first kappa shape index (κ1) is 17.2. The summed E-state index contributed by atoms with van der Waals surface area (Å²) in [4.78, 5) is 29.5. The van der Waals surface area contributed by atoms with Crippen LogP contribution in [0.15, 0.2) is 18.3 Å². The van der Waals surface area contributed by atoms with Crippen LogP contribution in [-0.4, -0.2) is 54.8 Å². The van der Waals surface area contributed by atoms with Crippen LogP contribution in [0.5, 0.6) is 0 Å². The first-order valence-corrected chi connectivity index (χ1v) is 7.84. The number of aromatic nitrogens is 1. The van der Waals surface area contributed by atoms with Gasteiger partial charge in [-0.15, -0.1) is 0 Å². The lowest BCUT2D eigenvalue weighted by molar-refractivity contribution is -0.142. The van der Waals surface area contributed by atoms with Gasteiger partial charge in [-0.05, 0) is 30.9 Å². The normalized spacial score (nSPS) is 15.3. The summed E-state index contributed by atoms with van der Waals surface area (Å²) in [5, 5.41) is 11.5. The van der Waals surface area contributed by atoms with Crippen LogP contribution in [0.25, 0.3) is 0 Å². The van der Waals surface area contributed by atoms with Crippen molar-refractivity contribution >= 4 is 17.7 Å². The molecule has 7 nitrogen and oxygen atoms in total. The van der Waals surface area contributed by atoms with Crippen molar-refractivity contribution in [3.63, 3.8) is 0 Å². The van der Waals surface area contributed by atoms with Gasteiger partial charge in [0.2, 0.25) is 0 Å². The molecule has 7 heteroatoms. The van der Waals surface area contributed by atoms with Crippen LogP contribution in [0.2, 0.25) is 0 Å². The van der Waals surface area contributed by atoms with Crippen LogP contribution in [-0.2, 0) is 9.53 Å². The predicted molar refractivity (Wildman–Crippen MR) is 85.2 cm³/mol. The maximum Gasteiger partial charge on any atom is 0.302 e. The van der Waals surface area contributed by atoms with E-state index in [1.165, 1.54) is 6.92 Å². The number of piperidine rings is 1. The van der Waals surface area contributed by atoms with Crippen LogP contribution in [0, 0.1) is 5.92 Å². The fourth-order valence-electron chi connectivity index (χ4n) is 2.64. The summed E-state index contributed by atoms with van der Waals surface area (Å²) in [5.74, 6) is 0.531. The fraction of sp³-hybridized carbons (Fsp3) is 0.562. The van der Waals surface area contributed by atoms with E-state index in [2.05, 4.69) is 15.2 Å². The monoisotopic (exact) mass is 321 g/mol. The van der Waals surface area contributed by atoms with E-state index in [9.17, 15) is 9.59 Å². The molecule has 0 aromatic carbocycles. The van der Waals surface area contributed by atoms with Crippen molar-refractivity contribution in [1.82, 2.24) is 10.3 Å². The maximum absolute atomic E-state index is 12.2. The minimum atomic E-state index is -0.250. The summed E-state index contributed by atoms with van der Waals surface area (Å²) in [7, 11) is 0. The van der Waals surface area contributed by atoms with Crippen molar-refractivity contribution in [2.24, 2.45) is 5.92 Å². The van der Waals surface area contributed by atoms with Crippen molar-refractivity contribution in [2.45, 2.75) is 19.8 Å². The molecule has 0 atom stereocenters. The van der Waals surface area contributed by atoms with Crippen molar-refractivity contribution in [3.05, 3.63) is 23.9 Å². The summed E-state index contributed by atoms with van der Waals surface area (Å²) < 4.78 is 5.07. The third-order valence-corrected chi connectivity index (χ3v) is 3.87. The molecule has 1 aliphatic heterocycles. The molecule has 1 aliphatic rings. The van der Waals surface area contributed by atoms with E-state index in [0.717, 1.165) is 25.9 Å². The number of nitrogens with one attached hydrogen (secondary N) is 1. The Morgan fingerprint density at radius 2 is 2.17 bits per heavy atom. The number of hydrogen-bond donors (Lipinski definition) is 2. The van der Waals surface area contributed by atoms with Crippen LogP contribution in [0.4, 0.5) is 5.82 Å². The first-order chi connectivity index (χ1) is 11.1. The molecule has 1 amide bonds. The minimum absolute atomic E-state index is 0.0944. The first-order valence-electron chi connectivity index (χ1n) is 7.84. The molecule has 0 spiro atoms.